The first-order chi connectivity index (χ1) is 7.72. The first-order valence-electron chi connectivity index (χ1n) is 5.63. The average Bonchev–Trinajstić information content (AvgIpc) is 3.12. The Labute approximate surface area is 95.6 Å². The summed E-state index contributed by atoms with van der Waals surface area (Å²) in [4.78, 5) is 11.3. The molecule has 1 aromatic carbocycles. The lowest BCUT2D eigenvalue weighted by atomic mass is 9.98. The fraction of sp³-hybridized carbons (Fsp3) is 0.462. The van der Waals surface area contributed by atoms with Crippen LogP contribution in [0.4, 0.5) is 0 Å². The third-order valence-corrected chi connectivity index (χ3v) is 3.02. The lowest BCUT2D eigenvalue weighted by molar-refractivity contribution is -0.142. The molecule has 1 aliphatic rings. The summed E-state index contributed by atoms with van der Waals surface area (Å²) in [5, 5.41) is 0. The first-order valence-corrected chi connectivity index (χ1v) is 5.63. The molecular weight excluding hydrogens is 202 g/mol. The van der Waals surface area contributed by atoms with Crippen molar-refractivity contribution in [3.63, 3.8) is 0 Å². The van der Waals surface area contributed by atoms with E-state index in [0.29, 0.717) is 12.3 Å². The topological polar surface area (TPSA) is 52.3 Å². The average molecular weight is 219 g/mol. The molecule has 16 heavy (non-hydrogen) atoms. The van der Waals surface area contributed by atoms with E-state index in [9.17, 15) is 4.79 Å². The third-order valence-electron chi connectivity index (χ3n) is 3.02. The zero-order valence-electron chi connectivity index (χ0n) is 9.48. The Morgan fingerprint density at radius 2 is 2.19 bits per heavy atom. The van der Waals surface area contributed by atoms with Crippen LogP contribution in [-0.4, -0.2) is 19.1 Å². The number of rotatable bonds is 4. The summed E-state index contributed by atoms with van der Waals surface area (Å²) in [6.07, 6.45) is 3.08. The molecule has 2 N–H and O–H groups in total. The molecule has 0 aromatic heterocycles. The molecule has 86 valence electrons. The SMILES string of the molecule is COC(=O)C(N)Cc1ccccc1C1CC1. The van der Waals surface area contributed by atoms with Gasteiger partial charge in [0.15, 0.2) is 0 Å². The zero-order valence-corrected chi connectivity index (χ0v) is 9.48. The number of nitrogens with two attached hydrogens (primary N) is 1. The molecule has 0 saturated heterocycles. The number of carbonyl (C=O) groups excluding carboxylic acids is 1. The van der Waals surface area contributed by atoms with Gasteiger partial charge in [0.1, 0.15) is 6.04 Å². The first kappa shape index (κ1) is 11.1. The molecule has 1 saturated carbocycles. The molecule has 0 spiro atoms. The second-order valence-electron chi connectivity index (χ2n) is 4.31. The van der Waals surface area contributed by atoms with Gasteiger partial charge in [0.05, 0.1) is 7.11 Å². The molecule has 0 radical (unpaired) electrons. The van der Waals surface area contributed by atoms with Gasteiger partial charge in [-0.25, -0.2) is 0 Å². The summed E-state index contributed by atoms with van der Waals surface area (Å²) >= 11 is 0. The second-order valence-corrected chi connectivity index (χ2v) is 4.31. The number of hydrogen-bond acceptors (Lipinski definition) is 3. The van der Waals surface area contributed by atoms with E-state index in [1.165, 1.54) is 31.1 Å². The van der Waals surface area contributed by atoms with Crippen molar-refractivity contribution in [2.45, 2.75) is 31.2 Å². The Balaban J connectivity index is 2.11. The third kappa shape index (κ3) is 2.42. The Bertz CT molecular complexity index is 385. The van der Waals surface area contributed by atoms with Crippen LogP contribution >= 0.6 is 0 Å². The van der Waals surface area contributed by atoms with E-state index >= 15 is 0 Å². The van der Waals surface area contributed by atoms with Crippen molar-refractivity contribution in [1.82, 2.24) is 0 Å². The summed E-state index contributed by atoms with van der Waals surface area (Å²) < 4.78 is 4.64. The van der Waals surface area contributed by atoms with Crippen LogP contribution in [0.2, 0.25) is 0 Å². The van der Waals surface area contributed by atoms with Crippen molar-refractivity contribution >= 4 is 5.97 Å². The van der Waals surface area contributed by atoms with E-state index in [-0.39, 0.29) is 5.97 Å². The minimum absolute atomic E-state index is 0.342. The predicted molar refractivity (Wildman–Crippen MR) is 62.1 cm³/mol. The lowest BCUT2D eigenvalue weighted by Gasteiger charge is -2.12. The minimum Gasteiger partial charge on any atom is -0.468 e. The lowest BCUT2D eigenvalue weighted by Crippen LogP contribution is -2.33. The molecule has 2 rings (SSSR count). The quantitative estimate of drug-likeness (QED) is 0.783. The highest BCUT2D eigenvalue weighted by Gasteiger charge is 2.26. The van der Waals surface area contributed by atoms with Gasteiger partial charge in [0.25, 0.3) is 0 Å². The number of esters is 1. The predicted octanol–water partition coefficient (Wildman–Crippen LogP) is 1.61. The van der Waals surface area contributed by atoms with Gasteiger partial charge >= 0.3 is 5.97 Å². The van der Waals surface area contributed by atoms with E-state index in [0.717, 1.165) is 0 Å². The van der Waals surface area contributed by atoms with Crippen LogP contribution in [0.15, 0.2) is 24.3 Å². The van der Waals surface area contributed by atoms with Crippen molar-refractivity contribution in [2.24, 2.45) is 5.73 Å². The van der Waals surface area contributed by atoms with Crippen molar-refractivity contribution < 1.29 is 9.53 Å². The maximum atomic E-state index is 11.3. The standard InChI is InChI=1S/C13H17NO2/c1-16-13(15)12(14)8-10-4-2-3-5-11(10)9-6-7-9/h2-5,9,12H,6-8,14H2,1H3. The molecule has 0 amide bonds. The monoisotopic (exact) mass is 219 g/mol. The number of ether oxygens (including phenoxy) is 1. The molecule has 3 heteroatoms. The molecule has 3 nitrogen and oxygen atoms in total. The van der Waals surface area contributed by atoms with Crippen LogP contribution in [0, 0.1) is 0 Å². The van der Waals surface area contributed by atoms with Crippen LogP contribution in [-0.2, 0) is 16.0 Å². The Morgan fingerprint density at radius 3 is 2.81 bits per heavy atom. The summed E-state index contributed by atoms with van der Waals surface area (Å²) in [7, 11) is 1.37. The highest BCUT2D eigenvalue weighted by molar-refractivity contribution is 5.75. The molecule has 1 aliphatic carbocycles. The van der Waals surface area contributed by atoms with Gasteiger partial charge in [0.2, 0.25) is 0 Å². The van der Waals surface area contributed by atoms with E-state index < -0.39 is 6.04 Å². The van der Waals surface area contributed by atoms with Gasteiger partial charge in [-0.1, -0.05) is 24.3 Å². The molecule has 0 aliphatic heterocycles. The van der Waals surface area contributed by atoms with Crippen LogP contribution < -0.4 is 5.73 Å². The van der Waals surface area contributed by atoms with Gasteiger partial charge in [-0.3, -0.25) is 4.79 Å². The summed E-state index contributed by atoms with van der Waals surface area (Å²) in [5.74, 6) is 0.339. The van der Waals surface area contributed by atoms with Gasteiger partial charge in [0, 0.05) is 0 Å². The molecule has 1 aromatic rings. The molecular formula is C13H17NO2. The summed E-state index contributed by atoms with van der Waals surface area (Å²) in [6.45, 7) is 0. The van der Waals surface area contributed by atoms with Gasteiger partial charge < -0.3 is 10.5 Å². The van der Waals surface area contributed by atoms with Crippen LogP contribution in [0.25, 0.3) is 0 Å². The summed E-state index contributed by atoms with van der Waals surface area (Å²) in [5.41, 5.74) is 8.31. The highest BCUT2D eigenvalue weighted by Crippen LogP contribution is 2.41. The van der Waals surface area contributed by atoms with Crippen LogP contribution in [0.5, 0.6) is 0 Å². The Hall–Kier alpha value is -1.35. The van der Waals surface area contributed by atoms with E-state index in [1.54, 1.807) is 0 Å². The maximum absolute atomic E-state index is 11.3. The number of carbonyl (C=O) groups is 1. The van der Waals surface area contributed by atoms with Crippen LogP contribution in [0.1, 0.15) is 29.9 Å². The Morgan fingerprint density at radius 1 is 1.50 bits per heavy atom. The summed E-state index contributed by atoms with van der Waals surface area (Å²) in [6, 6.07) is 7.67. The van der Waals surface area contributed by atoms with Crippen LogP contribution in [0.3, 0.4) is 0 Å². The van der Waals surface area contributed by atoms with E-state index in [2.05, 4.69) is 16.9 Å². The molecule has 1 fully saturated rings. The number of benzene rings is 1. The van der Waals surface area contributed by atoms with E-state index in [4.69, 9.17) is 5.73 Å². The van der Waals surface area contributed by atoms with Crippen molar-refractivity contribution in [3.8, 4) is 0 Å². The smallest absolute Gasteiger partial charge is 0.322 e. The Kier molecular flexibility index (Phi) is 3.25. The minimum atomic E-state index is -0.551. The van der Waals surface area contributed by atoms with Crippen molar-refractivity contribution in [2.75, 3.05) is 7.11 Å². The zero-order chi connectivity index (χ0) is 11.5. The molecule has 0 heterocycles. The van der Waals surface area contributed by atoms with Gasteiger partial charge in [-0.15, -0.1) is 0 Å². The fourth-order valence-electron chi connectivity index (χ4n) is 1.98. The van der Waals surface area contributed by atoms with Crippen molar-refractivity contribution in [1.29, 1.82) is 0 Å². The normalized spacial score (nSPS) is 16.9. The van der Waals surface area contributed by atoms with Crippen molar-refractivity contribution in [3.05, 3.63) is 35.4 Å². The van der Waals surface area contributed by atoms with E-state index in [1.807, 2.05) is 12.1 Å². The fourth-order valence-corrected chi connectivity index (χ4v) is 1.98. The second kappa shape index (κ2) is 4.66. The van der Waals surface area contributed by atoms with Gasteiger partial charge in [-0.05, 0) is 36.3 Å². The molecule has 1 atom stereocenters. The largest absolute Gasteiger partial charge is 0.468 e. The maximum Gasteiger partial charge on any atom is 0.322 e. The molecule has 0 bridgehead atoms. The number of methoxy groups -OCH3 is 1. The van der Waals surface area contributed by atoms with Gasteiger partial charge in [-0.2, -0.15) is 0 Å². The highest BCUT2D eigenvalue weighted by atomic mass is 16.5. The molecule has 1 unspecified atom stereocenters. The number of hydrogen-bond donors (Lipinski definition) is 1.